The van der Waals surface area contributed by atoms with Crippen LogP contribution in [-0.4, -0.2) is 21.1 Å². The van der Waals surface area contributed by atoms with Crippen LogP contribution in [0.15, 0.2) is 67.0 Å². The first-order valence-electron chi connectivity index (χ1n) is 10.1. The molecule has 0 aliphatic rings. The number of H-pyrrole nitrogens is 1. The van der Waals surface area contributed by atoms with E-state index in [0.717, 1.165) is 28.8 Å². The first-order chi connectivity index (χ1) is 15.5. The summed E-state index contributed by atoms with van der Waals surface area (Å²) in [6.07, 6.45) is -1.17. The fourth-order valence-corrected chi connectivity index (χ4v) is 3.37. The smallest absolute Gasteiger partial charge is 0.386 e. The normalized spacial score (nSPS) is 12.1. The number of aromatic amines is 1. The SMILES string of the molecule is CC(C)(O)c1cccc(-c2cnc3[nH]cc(NC(=O)Nc4ccc(C(F)(F)F)cc4)c3c2)c1. The zero-order valence-electron chi connectivity index (χ0n) is 17.8. The van der Waals surface area contributed by atoms with Crippen molar-refractivity contribution in [2.45, 2.75) is 25.6 Å². The van der Waals surface area contributed by atoms with Gasteiger partial charge in [-0.2, -0.15) is 13.2 Å². The quantitative estimate of drug-likeness (QED) is 0.299. The van der Waals surface area contributed by atoms with Crippen molar-refractivity contribution in [1.29, 1.82) is 0 Å². The first-order valence-corrected chi connectivity index (χ1v) is 10.1. The maximum atomic E-state index is 12.7. The summed E-state index contributed by atoms with van der Waals surface area (Å²) < 4.78 is 38.1. The molecular weight excluding hydrogens is 433 g/mol. The van der Waals surface area contributed by atoms with Crippen LogP contribution >= 0.6 is 0 Å². The van der Waals surface area contributed by atoms with Crippen molar-refractivity contribution in [3.8, 4) is 11.1 Å². The zero-order chi connectivity index (χ0) is 23.8. The number of hydrogen-bond donors (Lipinski definition) is 4. The summed E-state index contributed by atoms with van der Waals surface area (Å²) in [4.78, 5) is 19.8. The molecule has 0 aliphatic carbocycles. The van der Waals surface area contributed by atoms with E-state index in [2.05, 4.69) is 20.6 Å². The van der Waals surface area contributed by atoms with Gasteiger partial charge in [0.2, 0.25) is 0 Å². The summed E-state index contributed by atoms with van der Waals surface area (Å²) in [5, 5.41) is 16.1. The molecule has 0 spiro atoms. The lowest BCUT2D eigenvalue weighted by Gasteiger charge is -2.18. The molecule has 2 aromatic carbocycles. The van der Waals surface area contributed by atoms with Gasteiger partial charge in [0.25, 0.3) is 0 Å². The Morgan fingerprint density at radius 3 is 2.36 bits per heavy atom. The Morgan fingerprint density at radius 1 is 0.970 bits per heavy atom. The van der Waals surface area contributed by atoms with Crippen LogP contribution in [0.4, 0.5) is 29.3 Å². The number of alkyl halides is 3. The summed E-state index contributed by atoms with van der Waals surface area (Å²) in [5.41, 5.74) is 1.85. The average molecular weight is 454 g/mol. The van der Waals surface area contributed by atoms with Gasteiger partial charge < -0.3 is 20.7 Å². The van der Waals surface area contributed by atoms with Gasteiger partial charge in [0, 0.05) is 29.0 Å². The van der Waals surface area contributed by atoms with Crippen LogP contribution < -0.4 is 10.6 Å². The minimum absolute atomic E-state index is 0.225. The van der Waals surface area contributed by atoms with E-state index in [4.69, 9.17) is 0 Å². The monoisotopic (exact) mass is 454 g/mol. The van der Waals surface area contributed by atoms with Crippen LogP contribution in [0.25, 0.3) is 22.2 Å². The molecule has 6 nitrogen and oxygen atoms in total. The molecule has 4 rings (SSSR count). The van der Waals surface area contributed by atoms with Crippen LogP contribution in [0.3, 0.4) is 0 Å². The molecular formula is C24H21F3N4O2. The highest BCUT2D eigenvalue weighted by Gasteiger charge is 2.30. The summed E-state index contributed by atoms with van der Waals surface area (Å²) in [6, 6.07) is 12.9. The lowest BCUT2D eigenvalue weighted by Crippen LogP contribution is -2.19. The Morgan fingerprint density at radius 2 is 1.70 bits per heavy atom. The van der Waals surface area contributed by atoms with Crippen LogP contribution in [0.5, 0.6) is 0 Å². The van der Waals surface area contributed by atoms with Crippen molar-refractivity contribution >= 4 is 28.4 Å². The number of pyridine rings is 1. The number of nitrogens with zero attached hydrogens (tertiary/aromatic N) is 1. The van der Waals surface area contributed by atoms with Crippen molar-refractivity contribution < 1.29 is 23.1 Å². The summed E-state index contributed by atoms with van der Waals surface area (Å²) in [6.45, 7) is 3.41. The third-order valence-corrected chi connectivity index (χ3v) is 5.15. The average Bonchev–Trinajstić information content (AvgIpc) is 3.15. The fraction of sp³-hybridized carbons (Fsp3) is 0.167. The molecule has 0 saturated carbocycles. The van der Waals surface area contributed by atoms with E-state index in [1.54, 1.807) is 26.2 Å². The Bertz CT molecular complexity index is 1310. The highest BCUT2D eigenvalue weighted by molar-refractivity contribution is 6.05. The van der Waals surface area contributed by atoms with Gasteiger partial charge in [0.05, 0.1) is 16.9 Å². The van der Waals surface area contributed by atoms with Gasteiger partial charge in [-0.05, 0) is 61.4 Å². The number of aromatic nitrogens is 2. The molecule has 2 amide bonds. The van der Waals surface area contributed by atoms with Gasteiger partial charge in [-0.25, -0.2) is 9.78 Å². The lowest BCUT2D eigenvalue weighted by molar-refractivity contribution is -0.137. The van der Waals surface area contributed by atoms with Crippen molar-refractivity contribution in [2.24, 2.45) is 0 Å². The van der Waals surface area contributed by atoms with Crippen LogP contribution in [0.2, 0.25) is 0 Å². The van der Waals surface area contributed by atoms with Crippen molar-refractivity contribution in [2.75, 3.05) is 10.6 Å². The van der Waals surface area contributed by atoms with Crippen molar-refractivity contribution in [1.82, 2.24) is 9.97 Å². The highest BCUT2D eigenvalue weighted by atomic mass is 19.4. The number of halogens is 3. The topological polar surface area (TPSA) is 90.0 Å². The van der Waals surface area contributed by atoms with Gasteiger partial charge in [-0.15, -0.1) is 0 Å². The van der Waals surface area contributed by atoms with Gasteiger partial charge in [-0.3, -0.25) is 0 Å². The maximum absolute atomic E-state index is 12.7. The number of benzene rings is 2. The van der Waals surface area contributed by atoms with E-state index in [9.17, 15) is 23.1 Å². The van der Waals surface area contributed by atoms with Gasteiger partial charge in [0.15, 0.2) is 0 Å². The second-order valence-corrected chi connectivity index (χ2v) is 8.12. The lowest BCUT2D eigenvalue weighted by atomic mass is 9.94. The number of carbonyl (C=O) groups excluding carboxylic acids is 1. The van der Waals surface area contributed by atoms with E-state index < -0.39 is 23.4 Å². The minimum Gasteiger partial charge on any atom is -0.386 e. The molecule has 0 fully saturated rings. The summed E-state index contributed by atoms with van der Waals surface area (Å²) >= 11 is 0. The van der Waals surface area contributed by atoms with Gasteiger partial charge >= 0.3 is 12.2 Å². The number of rotatable bonds is 4. The predicted octanol–water partition coefficient (Wildman–Crippen LogP) is 6.12. The van der Waals surface area contributed by atoms with Gasteiger partial charge in [-0.1, -0.05) is 18.2 Å². The van der Waals surface area contributed by atoms with E-state index in [1.165, 1.54) is 12.1 Å². The number of nitrogens with one attached hydrogen (secondary N) is 3. The van der Waals surface area contributed by atoms with Crippen LogP contribution in [0.1, 0.15) is 25.0 Å². The number of anilines is 2. The minimum atomic E-state index is -4.44. The molecule has 4 aromatic rings. The molecule has 2 heterocycles. The summed E-state index contributed by atoms with van der Waals surface area (Å²) in [7, 11) is 0. The molecule has 0 aliphatic heterocycles. The molecule has 0 atom stereocenters. The Balaban J connectivity index is 1.55. The van der Waals surface area contributed by atoms with Gasteiger partial charge in [0.1, 0.15) is 5.65 Å². The third-order valence-electron chi connectivity index (χ3n) is 5.15. The van der Waals surface area contributed by atoms with Crippen LogP contribution in [0, 0.1) is 0 Å². The van der Waals surface area contributed by atoms with E-state index in [-0.39, 0.29) is 5.69 Å². The molecule has 0 bridgehead atoms. The molecule has 170 valence electrons. The van der Waals surface area contributed by atoms with E-state index >= 15 is 0 Å². The van der Waals surface area contributed by atoms with Crippen LogP contribution in [-0.2, 0) is 11.8 Å². The molecule has 0 radical (unpaired) electrons. The van der Waals surface area contributed by atoms with E-state index in [0.29, 0.717) is 16.7 Å². The molecule has 33 heavy (non-hydrogen) atoms. The standard InChI is InChI=1S/C24H21F3N4O2/c1-23(2,33)17-5-3-4-14(10-17)15-11-19-20(13-29-21(19)28-12-15)31-22(32)30-18-8-6-16(7-9-18)24(25,26)27/h3-13,33H,1-2H3,(H,28,29)(H2,30,31,32). The number of fused-ring (bicyclic) bond motifs is 1. The van der Waals surface area contributed by atoms with Crippen molar-refractivity contribution in [3.05, 3.63) is 78.1 Å². The van der Waals surface area contributed by atoms with E-state index in [1.807, 2.05) is 30.3 Å². The Labute approximate surface area is 187 Å². The number of hydrogen-bond acceptors (Lipinski definition) is 3. The molecule has 0 unspecified atom stereocenters. The Hall–Kier alpha value is -3.85. The number of carbonyl (C=O) groups is 1. The predicted molar refractivity (Wildman–Crippen MR) is 121 cm³/mol. The third kappa shape index (κ3) is 4.98. The Kier molecular flexibility index (Phi) is 5.59. The molecule has 2 aromatic heterocycles. The second kappa shape index (κ2) is 8.25. The first kappa shape index (κ1) is 22.3. The number of aliphatic hydroxyl groups is 1. The molecule has 4 N–H and O–H groups in total. The number of urea groups is 1. The fourth-order valence-electron chi connectivity index (χ4n) is 3.37. The zero-order valence-corrected chi connectivity index (χ0v) is 17.8. The largest absolute Gasteiger partial charge is 0.416 e. The van der Waals surface area contributed by atoms with Crippen molar-refractivity contribution in [3.63, 3.8) is 0 Å². The molecule has 9 heteroatoms. The second-order valence-electron chi connectivity index (χ2n) is 8.12. The maximum Gasteiger partial charge on any atom is 0.416 e. The summed E-state index contributed by atoms with van der Waals surface area (Å²) in [5.74, 6) is 0. The number of amides is 2. The highest BCUT2D eigenvalue weighted by Crippen LogP contribution is 2.31. The molecule has 0 saturated heterocycles.